The van der Waals surface area contributed by atoms with Gasteiger partial charge in [-0.2, -0.15) is 0 Å². The molecule has 2 aromatic rings. The van der Waals surface area contributed by atoms with Crippen molar-refractivity contribution in [1.29, 1.82) is 0 Å². The molecule has 1 amide bonds. The van der Waals surface area contributed by atoms with Crippen LogP contribution >= 0.6 is 0 Å². The summed E-state index contributed by atoms with van der Waals surface area (Å²) in [5, 5.41) is 2.88. The van der Waals surface area contributed by atoms with Crippen LogP contribution in [0.3, 0.4) is 0 Å². The highest BCUT2D eigenvalue weighted by molar-refractivity contribution is 7.92. The van der Waals surface area contributed by atoms with E-state index >= 15 is 0 Å². The average Bonchev–Trinajstić information content (AvgIpc) is 3.19. The van der Waals surface area contributed by atoms with Crippen molar-refractivity contribution in [2.45, 2.75) is 37.7 Å². The van der Waals surface area contributed by atoms with E-state index in [-0.39, 0.29) is 16.9 Å². The van der Waals surface area contributed by atoms with Gasteiger partial charge in [-0.25, -0.2) is 8.42 Å². The van der Waals surface area contributed by atoms with Crippen LogP contribution in [0, 0.1) is 13.8 Å². The van der Waals surface area contributed by atoms with Crippen LogP contribution < -0.4 is 9.62 Å². The Labute approximate surface area is 166 Å². The Morgan fingerprint density at radius 2 is 1.89 bits per heavy atom. The van der Waals surface area contributed by atoms with Gasteiger partial charge >= 0.3 is 0 Å². The van der Waals surface area contributed by atoms with E-state index in [4.69, 9.17) is 4.74 Å². The van der Waals surface area contributed by atoms with Gasteiger partial charge in [-0.3, -0.25) is 9.10 Å². The zero-order chi connectivity index (χ0) is 20.3. The van der Waals surface area contributed by atoms with Crippen molar-refractivity contribution in [3.05, 3.63) is 59.2 Å². The molecule has 0 radical (unpaired) electrons. The molecular formula is C21H26N2O4S. The first-order valence-electron chi connectivity index (χ1n) is 9.35. The summed E-state index contributed by atoms with van der Waals surface area (Å²) in [7, 11) is -2.15. The number of amides is 1. The molecule has 3 rings (SSSR count). The largest absolute Gasteiger partial charge is 0.376 e. The number of anilines is 1. The summed E-state index contributed by atoms with van der Waals surface area (Å²) in [6.45, 7) is 4.94. The van der Waals surface area contributed by atoms with Crippen molar-refractivity contribution in [2.75, 3.05) is 24.5 Å². The minimum absolute atomic E-state index is 0.0788. The minimum atomic E-state index is -3.67. The van der Waals surface area contributed by atoms with Crippen LogP contribution in [0.2, 0.25) is 0 Å². The lowest BCUT2D eigenvalue weighted by atomic mass is 10.1. The molecule has 1 aliphatic rings. The number of hydrogen-bond acceptors (Lipinski definition) is 4. The molecule has 0 unspecified atom stereocenters. The first-order valence-corrected chi connectivity index (χ1v) is 10.8. The third-order valence-corrected chi connectivity index (χ3v) is 6.78. The maximum atomic E-state index is 12.9. The van der Waals surface area contributed by atoms with Gasteiger partial charge in [0.15, 0.2) is 0 Å². The molecule has 0 saturated carbocycles. The third kappa shape index (κ3) is 4.36. The summed E-state index contributed by atoms with van der Waals surface area (Å²) in [5.74, 6) is -0.186. The van der Waals surface area contributed by atoms with Crippen molar-refractivity contribution in [1.82, 2.24) is 5.32 Å². The smallest absolute Gasteiger partial charge is 0.264 e. The highest BCUT2D eigenvalue weighted by Gasteiger charge is 2.23. The van der Waals surface area contributed by atoms with Crippen LogP contribution in [0.25, 0.3) is 0 Å². The normalized spacial score (nSPS) is 16.8. The van der Waals surface area contributed by atoms with E-state index in [1.165, 1.54) is 11.4 Å². The Morgan fingerprint density at radius 1 is 1.18 bits per heavy atom. The number of nitrogens with zero attached hydrogens (tertiary/aromatic N) is 1. The van der Waals surface area contributed by atoms with Crippen molar-refractivity contribution < 1.29 is 17.9 Å². The van der Waals surface area contributed by atoms with Gasteiger partial charge in [-0.1, -0.05) is 17.7 Å². The first-order chi connectivity index (χ1) is 13.3. The molecule has 1 N–H and O–H groups in total. The Kier molecular flexibility index (Phi) is 6.05. The number of nitrogens with one attached hydrogen (secondary N) is 1. The fourth-order valence-corrected chi connectivity index (χ4v) is 4.52. The van der Waals surface area contributed by atoms with Crippen LogP contribution in [0.15, 0.2) is 47.4 Å². The van der Waals surface area contributed by atoms with E-state index < -0.39 is 10.0 Å². The molecule has 6 nitrogen and oxygen atoms in total. The SMILES string of the molecule is Cc1ccc(S(=O)(=O)N(C)c2ccc(C(=O)NC[C@H]3CCCO3)cc2C)cc1. The number of carbonyl (C=O) groups excluding carboxylic acids is 1. The summed E-state index contributed by atoms with van der Waals surface area (Å²) in [4.78, 5) is 12.6. The van der Waals surface area contributed by atoms with Crippen LogP contribution in [0.4, 0.5) is 5.69 Å². The molecule has 1 aliphatic heterocycles. The fraction of sp³-hybridized carbons (Fsp3) is 0.381. The second kappa shape index (κ2) is 8.32. The van der Waals surface area contributed by atoms with Crippen molar-refractivity contribution in [2.24, 2.45) is 0 Å². The zero-order valence-electron chi connectivity index (χ0n) is 16.4. The predicted octanol–water partition coefficient (Wildman–Crippen LogP) is 3.04. The second-order valence-electron chi connectivity index (χ2n) is 7.13. The van der Waals surface area contributed by atoms with Gasteiger partial charge in [0.05, 0.1) is 16.7 Å². The molecule has 2 aromatic carbocycles. The number of sulfonamides is 1. The van der Waals surface area contributed by atoms with Crippen LogP contribution in [-0.4, -0.2) is 40.6 Å². The van der Waals surface area contributed by atoms with Gasteiger partial charge in [-0.15, -0.1) is 0 Å². The Balaban J connectivity index is 1.75. The zero-order valence-corrected chi connectivity index (χ0v) is 17.3. The van der Waals surface area contributed by atoms with Gasteiger partial charge in [0.25, 0.3) is 15.9 Å². The molecule has 1 fully saturated rings. The Bertz CT molecular complexity index is 949. The highest BCUT2D eigenvalue weighted by atomic mass is 32.2. The molecule has 0 spiro atoms. The summed E-state index contributed by atoms with van der Waals surface area (Å²) < 4.78 is 32.6. The van der Waals surface area contributed by atoms with E-state index in [2.05, 4.69) is 5.32 Å². The molecule has 150 valence electrons. The van der Waals surface area contributed by atoms with Gasteiger partial charge in [0.2, 0.25) is 0 Å². The number of ether oxygens (including phenoxy) is 1. The Morgan fingerprint density at radius 3 is 2.50 bits per heavy atom. The molecule has 1 heterocycles. The Hall–Kier alpha value is -2.38. The lowest BCUT2D eigenvalue weighted by Gasteiger charge is -2.22. The van der Waals surface area contributed by atoms with Crippen molar-refractivity contribution >= 4 is 21.6 Å². The van der Waals surface area contributed by atoms with Gasteiger partial charge in [0.1, 0.15) is 0 Å². The molecular weight excluding hydrogens is 376 g/mol. The number of rotatable bonds is 6. The van der Waals surface area contributed by atoms with E-state index in [0.717, 1.165) is 25.0 Å². The maximum Gasteiger partial charge on any atom is 0.264 e. The number of hydrogen-bond donors (Lipinski definition) is 1. The monoisotopic (exact) mass is 402 g/mol. The number of benzene rings is 2. The maximum absolute atomic E-state index is 12.9. The van der Waals surface area contributed by atoms with Gasteiger partial charge in [0, 0.05) is 25.8 Å². The molecule has 0 bridgehead atoms. The molecule has 28 heavy (non-hydrogen) atoms. The molecule has 7 heteroatoms. The summed E-state index contributed by atoms with van der Waals surface area (Å²) in [5.41, 5.74) is 2.75. The number of aryl methyl sites for hydroxylation is 2. The molecule has 1 atom stereocenters. The van der Waals surface area contributed by atoms with Gasteiger partial charge in [-0.05, 0) is 62.6 Å². The molecule has 1 saturated heterocycles. The van der Waals surface area contributed by atoms with Crippen molar-refractivity contribution in [3.63, 3.8) is 0 Å². The quantitative estimate of drug-likeness (QED) is 0.806. The summed E-state index contributed by atoms with van der Waals surface area (Å²) >= 11 is 0. The standard InChI is InChI=1S/C21H26N2O4S/c1-15-6-9-19(10-7-15)28(25,26)23(3)20-11-8-17(13-16(20)2)21(24)22-14-18-5-4-12-27-18/h6-11,13,18H,4-5,12,14H2,1-3H3,(H,22,24)/t18-/m1/s1. The number of carbonyl (C=O) groups is 1. The fourth-order valence-electron chi connectivity index (χ4n) is 3.26. The average molecular weight is 403 g/mol. The third-order valence-electron chi connectivity index (χ3n) is 4.99. The van der Waals surface area contributed by atoms with E-state index in [0.29, 0.717) is 23.4 Å². The van der Waals surface area contributed by atoms with E-state index in [1.807, 2.05) is 6.92 Å². The van der Waals surface area contributed by atoms with E-state index in [9.17, 15) is 13.2 Å². The van der Waals surface area contributed by atoms with Crippen LogP contribution in [-0.2, 0) is 14.8 Å². The topological polar surface area (TPSA) is 75.7 Å². The second-order valence-corrected chi connectivity index (χ2v) is 9.10. The molecule has 0 aliphatic carbocycles. The summed E-state index contributed by atoms with van der Waals surface area (Å²) in [6, 6.07) is 11.8. The summed E-state index contributed by atoms with van der Waals surface area (Å²) in [6.07, 6.45) is 2.06. The van der Waals surface area contributed by atoms with Gasteiger partial charge < -0.3 is 10.1 Å². The first kappa shape index (κ1) is 20.4. The van der Waals surface area contributed by atoms with Crippen molar-refractivity contribution in [3.8, 4) is 0 Å². The lowest BCUT2D eigenvalue weighted by Crippen LogP contribution is -2.32. The minimum Gasteiger partial charge on any atom is -0.376 e. The van der Waals surface area contributed by atoms with E-state index in [1.54, 1.807) is 49.4 Å². The van der Waals surface area contributed by atoms with Crippen LogP contribution in [0.1, 0.15) is 34.3 Å². The molecule has 0 aromatic heterocycles. The highest BCUT2D eigenvalue weighted by Crippen LogP contribution is 2.26. The predicted molar refractivity (Wildman–Crippen MR) is 109 cm³/mol. The lowest BCUT2D eigenvalue weighted by molar-refractivity contribution is 0.0857. The van der Waals surface area contributed by atoms with Crippen LogP contribution in [0.5, 0.6) is 0 Å².